The maximum absolute atomic E-state index is 11.5. The van der Waals surface area contributed by atoms with Crippen LogP contribution >= 0.6 is 7.60 Å². The molecule has 0 radical (unpaired) electrons. The van der Waals surface area contributed by atoms with Crippen molar-refractivity contribution in [2.45, 2.75) is 38.8 Å². The first kappa shape index (κ1) is 16.4. The third-order valence-corrected chi connectivity index (χ3v) is 4.07. The number of carbonyl (C=O) groups excluding carboxylic acids is 1. The van der Waals surface area contributed by atoms with Crippen molar-refractivity contribution < 1.29 is 19.1 Å². The largest absolute Gasteiger partial charge is 0.342 e. The van der Waals surface area contributed by atoms with Crippen LogP contribution in [0.1, 0.15) is 33.1 Å². The normalized spacial score (nSPS) is 13.2. The zero-order valence-corrected chi connectivity index (χ0v) is 11.6. The van der Waals surface area contributed by atoms with Gasteiger partial charge in [0.15, 0.2) is 0 Å². The average molecular weight is 263 g/mol. The van der Waals surface area contributed by atoms with E-state index in [1.54, 1.807) is 14.0 Å². The highest BCUT2D eigenvalue weighted by atomic mass is 31.2. The molecule has 5 nitrogen and oxygen atoms in total. The predicted molar refractivity (Wildman–Crippen MR) is 67.8 cm³/mol. The van der Waals surface area contributed by atoms with Gasteiger partial charge in [0.1, 0.15) is 0 Å². The van der Waals surface area contributed by atoms with Gasteiger partial charge in [-0.3, -0.25) is 9.36 Å². The quantitative estimate of drug-likeness (QED) is 0.542. The molecule has 0 aliphatic carbocycles. The van der Waals surface area contributed by atoms with Gasteiger partial charge < -0.3 is 14.7 Å². The number of amides is 1. The Morgan fingerprint density at radius 1 is 1.41 bits per heavy atom. The van der Waals surface area contributed by atoms with Crippen LogP contribution in [0.4, 0.5) is 0 Å². The number of nitrogens with zero attached hydrogens (tertiary/aromatic N) is 1. The molecule has 0 spiro atoms. The van der Waals surface area contributed by atoms with E-state index in [-0.39, 0.29) is 5.91 Å². The van der Waals surface area contributed by atoms with Gasteiger partial charge in [0, 0.05) is 19.2 Å². The molecular weight excluding hydrogens is 241 g/mol. The van der Waals surface area contributed by atoms with E-state index in [1.807, 2.05) is 6.92 Å². The van der Waals surface area contributed by atoms with Gasteiger partial charge in [-0.25, -0.2) is 0 Å². The van der Waals surface area contributed by atoms with Crippen molar-refractivity contribution in [2.24, 2.45) is 0 Å². The summed E-state index contributed by atoms with van der Waals surface area (Å²) in [4.78, 5) is 31.3. The summed E-state index contributed by atoms with van der Waals surface area (Å²) in [5, 5.41) is 0. The second kappa shape index (κ2) is 6.94. The van der Waals surface area contributed by atoms with E-state index in [9.17, 15) is 9.36 Å². The smallest absolute Gasteiger partial charge is 0.328 e. The summed E-state index contributed by atoms with van der Waals surface area (Å²) >= 11 is 0. The molecule has 0 heterocycles. The van der Waals surface area contributed by atoms with Gasteiger partial charge in [-0.05, 0) is 19.8 Å². The van der Waals surface area contributed by atoms with Gasteiger partial charge >= 0.3 is 7.60 Å². The lowest BCUT2D eigenvalue weighted by Crippen LogP contribution is -2.30. The molecule has 1 atom stereocenters. The molecule has 0 bridgehead atoms. The second-order valence-corrected chi connectivity index (χ2v) is 6.24. The SMILES string of the molecule is C=C(C)C(=O)N(C)CCC(CCC)P(=O)(O)O. The molecule has 0 aromatic heterocycles. The number of hydrogen-bond donors (Lipinski definition) is 2. The first-order valence-corrected chi connectivity index (χ1v) is 7.34. The van der Waals surface area contributed by atoms with Crippen molar-refractivity contribution in [3.8, 4) is 0 Å². The fourth-order valence-electron chi connectivity index (χ4n) is 1.58. The van der Waals surface area contributed by atoms with Gasteiger partial charge in [-0.1, -0.05) is 19.9 Å². The van der Waals surface area contributed by atoms with Gasteiger partial charge in [0.05, 0.1) is 5.66 Å². The lowest BCUT2D eigenvalue weighted by Gasteiger charge is -2.22. The number of carbonyl (C=O) groups is 1. The standard InChI is InChI=1S/C11H22NO4P/c1-5-6-10(17(14,15)16)7-8-12(4)11(13)9(2)3/h10H,2,5-8H2,1,3-4H3,(H2,14,15,16). The third kappa shape index (κ3) is 6.01. The van der Waals surface area contributed by atoms with Crippen LogP contribution in [0.5, 0.6) is 0 Å². The van der Waals surface area contributed by atoms with E-state index in [1.165, 1.54) is 4.90 Å². The molecule has 0 fully saturated rings. The molecule has 0 aliphatic rings. The van der Waals surface area contributed by atoms with Gasteiger partial charge in [-0.15, -0.1) is 0 Å². The van der Waals surface area contributed by atoms with Crippen molar-refractivity contribution >= 4 is 13.5 Å². The fourth-order valence-corrected chi connectivity index (χ4v) is 2.63. The summed E-state index contributed by atoms with van der Waals surface area (Å²) in [5.41, 5.74) is -0.233. The van der Waals surface area contributed by atoms with Crippen molar-refractivity contribution in [3.05, 3.63) is 12.2 Å². The molecule has 1 unspecified atom stereocenters. The van der Waals surface area contributed by atoms with Crippen LogP contribution in [0.3, 0.4) is 0 Å². The van der Waals surface area contributed by atoms with E-state index in [4.69, 9.17) is 9.79 Å². The molecule has 17 heavy (non-hydrogen) atoms. The zero-order chi connectivity index (χ0) is 13.6. The third-order valence-electron chi connectivity index (χ3n) is 2.61. The van der Waals surface area contributed by atoms with E-state index >= 15 is 0 Å². The van der Waals surface area contributed by atoms with Gasteiger partial charge in [0.2, 0.25) is 5.91 Å². The fraction of sp³-hybridized carbons (Fsp3) is 0.727. The molecule has 6 heteroatoms. The Morgan fingerprint density at radius 3 is 2.29 bits per heavy atom. The van der Waals surface area contributed by atoms with E-state index in [0.29, 0.717) is 31.4 Å². The summed E-state index contributed by atoms with van der Waals surface area (Å²) in [6, 6.07) is 0. The van der Waals surface area contributed by atoms with Crippen LogP contribution in [0.2, 0.25) is 0 Å². The van der Waals surface area contributed by atoms with Crippen LogP contribution in [0.25, 0.3) is 0 Å². The Hall–Kier alpha value is -0.640. The molecule has 0 saturated heterocycles. The molecule has 0 aromatic carbocycles. The minimum Gasteiger partial charge on any atom is -0.342 e. The van der Waals surface area contributed by atoms with Crippen molar-refractivity contribution in [1.82, 2.24) is 4.90 Å². The van der Waals surface area contributed by atoms with Crippen LogP contribution in [0, 0.1) is 0 Å². The number of hydrogen-bond acceptors (Lipinski definition) is 2. The molecule has 100 valence electrons. The maximum atomic E-state index is 11.5. The maximum Gasteiger partial charge on any atom is 0.328 e. The minimum absolute atomic E-state index is 0.189. The Bertz CT molecular complexity index is 323. The Balaban J connectivity index is 4.37. The predicted octanol–water partition coefficient (Wildman–Crippen LogP) is 1.76. The highest BCUT2D eigenvalue weighted by molar-refractivity contribution is 7.52. The molecule has 0 saturated carbocycles. The monoisotopic (exact) mass is 263 g/mol. The lowest BCUT2D eigenvalue weighted by atomic mass is 10.2. The Morgan fingerprint density at radius 2 is 1.94 bits per heavy atom. The molecule has 0 rings (SSSR count). The molecular formula is C11H22NO4P. The Labute approximate surface area is 103 Å². The second-order valence-electron chi connectivity index (χ2n) is 4.33. The summed E-state index contributed by atoms with van der Waals surface area (Å²) in [6.45, 7) is 7.38. The summed E-state index contributed by atoms with van der Waals surface area (Å²) in [6.07, 6.45) is 1.50. The molecule has 1 amide bonds. The van der Waals surface area contributed by atoms with Crippen LogP contribution in [-0.2, 0) is 9.36 Å². The zero-order valence-electron chi connectivity index (χ0n) is 10.7. The van der Waals surface area contributed by atoms with Crippen LogP contribution < -0.4 is 0 Å². The van der Waals surface area contributed by atoms with E-state index < -0.39 is 13.3 Å². The first-order chi connectivity index (χ1) is 7.70. The molecule has 0 aromatic rings. The highest BCUT2D eigenvalue weighted by Crippen LogP contribution is 2.45. The van der Waals surface area contributed by atoms with Gasteiger partial charge in [-0.2, -0.15) is 0 Å². The van der Waals surface area contributed by atoms with Crippen LogP contribution in [0.15, 0.2) is 12.2 Å². The van der Waals surface area contributed by atoms with E-state index in [0.717, 1.165) is 0 Å². The van der Waals surface area contributed by atoms with Crippen LogP contribution in [-0.4, -0.2) is 39.8 Å². The van der Waals surface area contributed by atoms with Crippen molar-refractivity contribution in [3.63, 3.8) is 0 Å². The molecule has 0 aliphatic heterocycles. The number of likely N-dealkylation sites (N-methyl/N-ethyl adjacent to an activating group) is 1. The lowest BCUT2D eigenvalue weighted by molar-refractivity contribution is -0.125. The topological polar surface area (TPSA) is 77.8 Å². The first-order valence-electron chi connectivity index (χ1n) is 5.66. The summed E-state index contributed by atoms with van der Waals surface area (Å²) in [7, 11) is -2.45. The van der Waals surface area contributed by atoms with Crippen molar-refractivity contribution in [2.75, 3.05) is 13.6 Å². The summed E-state index contributed by atoms with van der Waals surface area (Å²) in [5.74, 6) is -0.189. The van der Waals surface area contributed by atoms with Gasteiger partial charge in [0.25, 0.3) is 0 Å². The number of rotatable bonds is 7. The molecule has 2 N–H and O–H groups in total. The summed E-state index contributed by atoms with van der Waals surface area (Å²) < 4.78 is 11.2. The Kier molecular flexibility index (Phi) is 6.68. The van der Waals surface area contributed by atoms with E-state index in [2.05, 4.69) is 6.58 Å². The van der Waals surface area contributed by atoms with Crippen molar-refractivity contribution in [1.29, 1.82) is 0 Å². The highest BCUT2D eigenvalue weighted by Gasteiger charge is 2.28. The average Bonchev–Trinajstić information content (AvgIpc) is 2.20. The minimum atomic E-state index is -4.06.